The molecule has 6 aromatic rings. The van der Waals surface area contributed by atoms with E-state index in [-0.39, 0.29) is 16.8 Å². The summed E-state index contributed by atoms with van der Waals surface area (Å²) in [6.07, 6.45) is 0. The van der Waals surface area contributed by atoms with Gasteiger partial charge in [-0.3, -0.25) is 4.57 Å². The van der Waals surface area contributed by atoms with Gasteiger partial charge in [-0.15, -0.1) is 0 Å². The summed E-state index contributed by atoms with van der Waals surface area (Å²) in [6, 6.07) is 33.3. The molecule has 0 fully saturated rings. The Kier molecular flexibility index (Phi) is 4.67. The van der Waals surface area contributed by atoms with Crippen LogP contribution in [0, 0.1) is 0 Å². The predicted molar refractivity (Wildman–Crippen MR) is 141 cm³/mol. The molecule has 1 aliphatic rings. The van der Waals surface area contributed by atoms with Gasteiger partial charge in [0.25, 0.3) is 16.0 Å². The summed E-state index contributed by atoms with van der Waals surface area (Å²) in [5.41, 5.74) is 3.46. The molecule has 4 aromatic carbocycles. The number of imidazole rings is 1. The van der Waals surface area contributed by atoms with E-state index in [0.717, 1.165) is 20.9 Å². The molecule has 37 heavy (non-hydrogen) atoms. The van der Waals surface area contributed by atoms with Crippen molar-refractivity contribution in [1.29, 1.82) is 0 Å². The highest BCUT2D eigenvalue weighted by atomic mass is 32.2. The highest BCUT2D eigenvalue weighted by Gasteiger charge is 2.40. The zero-order valence-corrected chi connectivity index (χ0v) is 20.1. The lowest BCUT2D eigenvalue weighted by Gasteiger charge is -2.29. The van der Waals surface area contributed by atoms with Gasteiger partial charge in [0.1, 0.15) is 4.90 Å². The van der Waals surface area contributed by atoms with Crippen LogP contribution in [-0.4, -0.2) is 32.9 Å². The molecule has 178 valence electrons. The van der Waals surface area contributed by atoms with Crippen molar-refractivity contribution in [2.75, 3.05) is 4.31 Å². The summed E-state index contributed by atoms with van der Waals surface area (Å²) in [4.78, 5) is 18.9. The average Bonchev–Trinajstić information content (AvgIpc) is 3.33. The summed E-state index contributed by atoms with van der Waals surface area (Å²) >= 11 is 0. The summed E-state index contributed by atoms with van der Waals surface area (Å²) in [7, 11) is -4.10. The molecule has 0 saturated carbocycles. The van der Waals surface area contributed by atoms with Crippen LogP contribution in [0.4, 0.5) is 11.9 Å². The number of rotatable bonds is 3. The van der Waals surface area contributed by atoms with Crippen LogP contribution in [0.1, 0.15) is 0 Å². The van der Waals surface area contributed by atoms with Gasteiger partial charge in [0.2, 0.25) is 5.95 Å². The van der Waals surface area contributed by atoms with Crippen molar-refractivity contribution >= 4 is 33.0 Å². The van der Waals surface area contributed by atoms with Crippen molar-refractivity contribution in [3.63, 3.8) is 0 Å². The van der Waals surface area contributed by atoms with E-state index in [1.54, 1.807) is 18.2 Å². The van der Waals surface area contributed by atoms with E-state index in [1.165, 1.54) is 0 Å². The van der Waals surface area contributed by atoms with Crippen molar-refractivity contribution < 1.29 is 8.42 Å². The molecular formula is C28H18N6O2S. The van der Waals surface area contributed by atoms with Gasteiger partial charge < -0.3 is 0 Å². The summed E-state index contributed by atoms with van der Waals surface area (Å²) in [5, 5.41) is 0. The molecule has 9 heteroatoms. The van der Waals surface area contributed by atoms with E-state index in [9.17, 15) is 8.42 Å². The summed E-state index contributed by atoms with van der Waals surface area (Å²) < 4.78 is 31.2. The van der Waals surface area contributed by atoms with Gasteiger partial charge in [-0.1, -0.05) is 84.9 Å². The van der Waals surface area contributed by atoms with E-state index in [4.69, 9.17) is 4.98 Å². The number of hydrogen-bond donors (Lipinski definition) is 0. The number of fused-ring (bicyclic) bond motifs is 5. The lowest BCUT2D eigenvalue weighted by molar-refractivity contribution is 0.591. The van der Waals surface area contributed by atoms with E-state index >= 15 is 0 Å². The molecule has 0 spiro atoms. The van der Waals surface area contributed by atoms with Gasteiger partial charge in [-0.25, -0.2) is 18.4 Å². The normalized spacial score (nSPS) is 13.8. The fourth-order valence-corrected chi connectivity index (χ4v) is 6.04. The van der Waals surface area contributed by atoms with E-state index in [1.807, 2.05) is 95.6 Å². The van der Waals surface area contributed by atoms with Crippen LogP contribution in [-0.2, 0) is 10.0 Å². The van der Waals surface area contributed by atoms with Crippen LogP contribution in [0.5, 0.6) is 0 Å². The van der Waals surface area contributed by atoms with Crippen LogP contribution in [0.15, 0.2) is 114 Å². The second kappa shape index (κ2) is 8.07. The highest BCUT2D eigenvalue weighted by Crippen LogP contribution is 2.42. The van der Waals surface area contributed by atoms with Crippen LogP contribution < -0.4 is 4.31 Å². The number of nitrogens with zero attached hydrogens (tertiary/aromatic N) is 6. The second-order valence-corrected chi connectivity index (χ2v) is 10.2. The van der Waals surface area contributed by atoms with Gasteiger partial charge in [0, 0.05) is 11.1 Å². The molecule has 0 unspecified atom stereocenters. The lowest BCUT2D eigenvalue weighted by Crippen LogP contribution is -2.34. The van der Waals surface area contributed by atoms with E-state index < -0.39 is 10.0 Å². The van der Waals surface area contributed by atoms with Crippen molar-refractivity contribution in [3.8, 4) is 28.5 Å². The smallest absolute Gasteiger partial charge is 0.275 e. The van der Waals surface area contributed by atoms with Gasteiger partial charge >= 0.3 is 0 Å². The molecule has 0 amide bonds. The Bertz CT molecular complexity index is 1850. The van der Waals surface area contributed by atoms with Crippen molar-refractivity contribution in [2.45, 2.75) is 4.90 Å². The highest BCUT2D eigenvalue weighted by molar-refractivity contribution is 7.93. The molecule has 0 N–H and O–H groups in total. The standard InChI is InChI=1S/C28H18N6O2S/c35-37(36)24-18-10-9-17-23(24)33-22-16-8-7-15-21(22)29-28(33)34(37)27-31-25(19-11-3-1-4-12-19)30-26(32-27)20-13-5-2-6-14-20/h1-18H. The number of hydrogen-bond acceptors (Lipinski definition) is 6. The number of sulfonamides is 1. The minimum Gasteiger partial charge on any atom is -0.276 e. The molecule has 2 aromatic heterocycles. The Morgan fingerprint density at radius 1 is 0.568 bits per heavy atom. The average molecular weight is 503 g/mol. The maximum Gasteiger partial charge on any atom is 0.275 e. The Morgan fingerprint density at radius 2 is 1.14 bits per heavy atom. The lowest BCUT2D eigenvalue weighted by atomic mass is 10.2. The fourth-order valence-electron chi connectivity index (χ4n) is 4.54. The molecule has 0 atom stereocenters. The molecule has 0 radical (unpaired) electrons. The van der Waals surface area contributed by atoms with Crippen molar-refractivity contribution in [2.24, 2.45) is 0 Å². The summed E-state index contributed by atoms with van der Waals surface area (Å²) in [5.74, 6) is 0.894. The first-order valence-electron chi connectivity index (χ1n) is 11.6. The van der Waals surface area contributed by atoms with Crippen LogP contribution in [0.3, 0.4) is 0 Å². The van der Waals surface area contributed by atoms with Crippen LogP contribution in [0.25, 0.3) is 39.5 Å². The Balaban J connectivity index is 1.55. The third kappa shape index (κ3) is 3.32. The first-order chi connectivity index (χ1) is 18.1. The van der Waals surface area contributed by atoms with E-state index in [2.05, 4.69) is 15.0 Å². The number of benzene rings is 4. The quantitative estimate of drug-likeness (QED) is 0.322. The van der Waals surface area contributed by atoms with Gasteiger partial charge in [-0.2, -0.15) is 14.3 Å². The fraction of sp³-hybridized carbons (Fsp3) is 0. The number of para-hydroxylation sites is 3. The molecule has 0 bridgehead atoms. The molecule has 0 aliphatic carbocycles. The minimum atomic E-state index is -4.10. The van der Waals surface area contributed by atoms with Crippen molar-refractivity contribution in [1.82, 2.24) is 24.5 Å². The topological polar surface area (TPSA) is 93.9 Å². The van der Waals surface area contributed by atoms with Gasteiger partial charge in [0.05, 0.1) is 16.7 Å². The number of anilines is 2. The second-order valence-electron chi connectivity index (χ2n) is 8.49. The minimum absolute atomic E-state index is 0.0289. The molecule has 3 heterocycles. The van der Waals surface area contributed by atoms with Crippen molar-refractivity contribution in [3.05, 3.63) is 109 Å². The van der Waals surface area contributed by atoms with Crippen LogP contribution in [0.2, 0.25) is 0 Å². The van der Waals surface area contributed by atoms with E-state index in [0.29, 0.717) is 22.9 Å². The first kappa shape index (κ1) is 21.4. The summed E-state index contributed by atoms with van der Waals surface area (Å²) in [6.45, 7) is 0. The first-order valence-corrected chi connectivity index (χ1v) is 13.0. The Labute approximate surface area is 212 Å². The SMILES string of the molecule is O=S1(=O)c2ccccc2-n2c(nc3ccccc32)N1c1nc(-c2ccccc2)nc(-c2ccccc2)n1. The largest absolute Gasteiger partial charge is 0.276 e. The van der Waals surface area contributed by atoms with Gasteiger partial charge in [0.15, 0.2) is 11.6 Å². The third-order valence-corrected chi connectivity index (χ3v) is 7.93. The molecular weight excluding hydrogens is 484 g/mol. The Hall–Kier alpha value is -4.89. The van der Waals surface area contributed by atoms with Gasteiger partial charge in [-0.05, 0) is 24.3 Å². The third-order valence-electron chi connectivity index (χ3n) is 6.22. The number of aromatic nitrogens is 5. The zero-order chi connectivity index (χ0) is 25.0. The van der Waals surface area contributed by atoms with Crippen LogP contribution >= 0.6 is 0 Å². The maximum absolute atomic E-state index is 14.1. The zero-order valence-electron chi connectivity index (χ0n) is 19.3. The maximum atomic E-state index is 14.1. The molecule has 1 aliphatic heterocycles. The molecule has 0 saturated heterocycles. The molecule has 7 rings (SSSR count). The Morgan fingerprint density at radius 3 is 1.81 bits per heavy atom. The monoisotopic (exact) mass is 502 g/mol. The molecule has 8 nitrogen and oxygen atoms in total. The predicted octanol–water partition coefficient (Wildman–Crippen LogP) is 5.38.